The van der Waals surface area contributed by atoms with Crippen LogP contribution in [0, 0.1) is 0 Å². The van der Waals surface area contributed by atoms with E-state index in [1.165, 1.54) is 13.2 Å². The predicted molar refractivity (Wildman–Crippen MR) is 71.4 cm³/mol. The first kappa shape index (κ1) is 14.7. The number of rotatable bonds is 3. The summed E-state index contributed by atoms with van der Waals surface area (Å²) in [7, 11) is 1.36. The number of aromatic nitrogens is 2. The Hall–Kier alpha value is -1.73. The van der Waals surface area contributed by atoms with E-state index >= 15 is 0 Å². The highest BCUT2D eigenvalue weighted by atomic mass is 35.5. The van der Waals surface area contributed by atoms with E-state index < -0.39 is 0 Å². The molecule has 8 heteroatoms. The molecule has 0 aliphatic carbocycles. The van der Waals surface area contributed by atoms with Crippen molar-refractivity contribution in [2.45, 2.75) is 0 Å². The number of halogens is 1. The molecule has 1 aliphatic heterocycles. The van der Waals surface area contributed by atoms with Gasteiger partial charge >= 0.3 is 5.97 Å². The van der Waals surface area contributed by atoms with E-state index in [0.29, 0.717) is 26.2 Å². The summed E-state index contributed by atoms with van der Waals surface area (Å²) in [4.78, 5) is 27.0. The number of nitrogens with zero attached hydrogens (tertiary/aromatic N) is 4. The fraction of sp³-hybridized carbons (Fsp3) is 0.500. The number of methoxy groups -OCH3 is 1. The Labute approximate surface area is 121 Å². The van der Waals surface area contributed by atoms with Gasteiger partial charge in [0.05, 0.1) is 13.7 Å². The predicted octanol–water partition coefficient (Wildman–Crippen LogP) is 0.0608. The highest BCUT2D eigenvalue weighted by Gasteiger charge is 2.24. The Morgan fingerprint density at radius 2 is 1.95 bits per heavy atom. The molecule has 1 aromatic rings. The summed E-state index contributed by atoms with van der Waals surface area (Å²) in [5, 5.41) is 7.68. The molecule has 0 unspecified atom stereocenters. The second-order valence-electron chi connectivity index (χ2n) is 4.39. The third-order valence-corrected chi connectivity index (χ3v) is 3.29. The molecule has 1 aromatic heterocycles. The average molecular weight is 299 g/mol. The minimum absolute atomic E-state index is 0.174. The number of esters is 1. The van der Waals surface area contributed by atoms with E-state index in [9.17, 15) is 9.59 Å². The molecule has 108 valence electrons. The van der Waals surface area contributed by atoms with Crippen LogP contribution in [0.1, 0.15) is 10.5 Å². The maximum Gasteiger partial charge on any atom is 0.319 e. The van der Waals surface area contributed by atoms with Crippen molar-refractivity contribution in [1.82, 2.24) is 20.0 Å². The highest BCUT2D eigenvalue weighted by molar-refractivity contribution is 6.29. The van der Waals surface area contributed by atoms with Crippen molar-refractivity contribution in [3.05, 3.63) is 23.0 Å². The molecule has 1 saturated heterocycles. The van der Waals surface area contributed by atoms with Gasteiger partial charge in [-0.2, -0.15) is 0 Å². The summed E-state index contributed by atoms with van der Waals surface area (Å²) in [6.45, 7) is 2.59. The van der Waals surface area contributed by atoms with Gasteiger partial charge in [-0.1, -0.05) is 11.6 Å². The lowest BCUT2D eigenvalue weighted by Crippen LogP contribution is -2.50. The molecule has 7 nitrogen and oxygen atoms in total. The van der Waals surface area contributed by atoms with Gasteiger partial charge in [0.15, 0.2) is 10.8 Å². The number of piperazine rings is 1. The van der Waals surface area contributed by atoms with Gasteiger partial charge < -0.3 is 9.64 Å². The van der Waals surface area contributed by atoms with Gasteiger partial charge in [-0.3, -0.25) is 14.5 Å². The third-order valence-electron chi connectivity index (χ3n) is 3.09. The lowest BCUT2D eigenvalue weighted by atomic mass is 10.2. The summed E-state index contributed by atoms with van der Waals surface area (Å²) >= 11 is 5.63. The van der Waals surface area contributed by atoms with Crippen LogP contribution < -0.4 is 0 Å². The van der Waals surface area contributed by atoms with Crippen LogP contribution in [0.2, 0.25) is 5.15 Å². The van der Waals surface area contributed by atoms with Crippen molar-refractivity contribution in [2.75, 3.05) is 39.8 Å². The smallest absolute Gasteiger partial charge is 0.319 e. The summed E-state index contributed by atoms with van der Waals surface area (Å²) < 4.78 is 4.62. The van der Waals surface area contributed by atoms with E-state index in [-0.39, 0.29) is 29.3 Å². The molecule has 1 fully saturated rings. The quantitative estimate of drug-likeness (QED) is 0.735. The first-order valence-electron chi connectivity index (χ1n) is 6.18. The lowest BCUT2D eigenvalue weighted by Gasteiger charge is -2.33. The Morgan fingerprint density at radius 3 is 2.50 bits per heavy atom. The maximum absolute atomic E-state index is 12.2. The molecule has 0 saturated carbocycles. The molecule has 0 spiro atoms. The number of carbonyl (C=O) groups excluding carboxylic acids is 2. The van der Waals surface area contributed by atoms with Crippen molar-refractivity contribution in [3.8, 4) is 0 Å². The number of hydrogen-bond acceptors (Lipinski definition) is 6. The molecule has 0 atom stereocenters. The van der Waals surface area contributed by atoms with Crippen LogP contribution in [0.4, 0.5) is 0 Å². The average Bonchev–Trinajstić information content (AvgIpc) is 2.48. The second kappa shape index (κ2) is 6.62. The lowest BCUT2D eigenvalue weighted by molar-refractivity contribution is -0.142. The summed E-state index contributed by atoms with van der Waals surface area (Å²) in [6.07, 6.45) is 0. The zero-order valence-electron chi connectivity index (χ0n) is 11.1. The summed E-state index contributed by atoms with van der Waals surface area (Å²) in [6, 6.07) is 3.09. The van der Waals surface area contributed by atoms with Gasteiger partial charge in [-0.05, 0) is 12.1 Å². The molecule has 1 amide bonds. The van der Waals surface area contributed by atoms with E-state index in [2.05, 4.69) is 14.9 Å². The molecule has 0 radical (unpaired) electrons. The third kappa shape index (κ3) is 3.64. The number of ether oxygens (including phenoxy) is 1. The Bertz CT molecular complexity index is 486. The van der Waals surface area contributed by atoms with Gasteiger partial charge in [0.2, 0.25) is 0 Å². The van der Waals surface area contributed by atoms with Crippen molar-refractivity contribution in [3.63, 3.8) is 0 Å². The fourth-order valence-electron chi connectivity index (χ4n) is 1.95. The van der Waals surface area contributed by atoms with Gasteiger partial charge in [0.1, 0.15) is 0 Å². The Morgan fingerprint density at radius 1 is 1.25 bits per heavy atom. The molecular formula is C12H15ClN4O3. The Balaban J connectivity index is 1.88. The van der Waals surface area contributed by atoms with Gasteiger partial charge in [-0.25, -0.2) is 0 Å². The largest absolute Gasteiger partial charge is 0.468 e. The summed E-state index contributed by atoms with van der Waals surface area (Å²) in [5.74, 6) is -0.444. The maximum atomic E-state index is 12.2. The van der Waals surface area contributed by atoms with Crippen molar-refractivity contribution in [2.24, 2.45) is 0 Å². The molecule has 20 heavy (non-hydrogen) atoms. The van der Waals surface area contributed by atoms with Crippen LogP contribution in [0.15, 0.2) is 12.1 Å². The minimum Gasteiger partial charge on any atom is -0.468 e. The van der Waals surface area contributed by atoms with Gasteiger partial charge in [-0.15, -0.1) is 10.2 Å². The molecule has 0 bridgehead atoms. The second-order valence-corrected chi connectivity index (χ2v) is 4.77. The Kier molecular flexibility index (Phi) is 4.86. The first-order chi connectivity index (χ1) is 9.60. The van der Waals surface area contributed by atoms with Crippen molar-refractivity contribution < 1.29 is 14.3 Å². The van der Waals surface area contributed by atoms with Crippen LogP contribution in [-0.4, -0.2) is 71.7 Å². The first-order valence-corrected chi connectivity index (χ1v) is 6.55. The molecular weight excluding hydrogens is 284 g/mol. The van der Waals surface area contributed by atoms with Crippen LogP contribution >= 0.6 is 11.6 Å². The van der Waals surface area contributed by atoms with Crippen molar-refractivity contribution in [1.29, 1.82) is 0 Å². The van der Waals surface area contributed by atoms with Crippen LogP contribution in [0.3, 0.4) is 0 Å². The normalized spacial score (nSPS) is 16.0. The SMILES string of the molecule is COC(=O)CN1CCN(C(=O)c2ccc(Cl)nn2)CC1. The molecule has 0 aromatic carbocycles. The van der Waals surface area contributed by atoms with E-state index in [0.717, 1.165) is 0 Å². The fourth-order valence-corrected chi connectivity index (χ4v) is 2.05. The van der Waals surface area contributed by atoms with Gasteiger partial charge in [0.25, 0.3) is 5.91 Å². The monoisotopic (exact) mass is 298 g/mol. The summed E-state index contributed by atoms with van der Waals surface area (Å²) in [5.41, 5.74) is 0.274. The van der Waals surface area contributed by atoms with E-state index in [1.54, 1.807) is 11.0 Å². The molecule has 0 N–H and O–H groups in total. The number of amides is 1. The highest BCUT2D eigenvalue weighted by Crippen LogP contribution is 2.08. The van der Waals surface area contributed by atoms with Crippen LogP contribution in [0.5, 0.6) is 0 Å². The van der Waals surface area contributed by atoms with Crippen molar-refractivity contribution >= 4 is 23.5 Å². The minimum atomic E-state index is -0.270. The molecule has 1 aliphatic rings. The molecule has 2 heterocycles. The van der Waals surface area contributed by atoms with E-state index in [4.69, 9.17) is 11.6 Å². The zero-order chi connectivity index (χ0) is 14.5. The number of carbonyl (C=O) groups is 2. The van der Waals surface area contributed by atoms with Gasteiger partial charge in [0, 0.05) is 26.2 Å². The van der Waals surface area contributed by atoms with Crippen LogP contribution in [0.25, 0.3) is 0 Å². The zero-order valence-corrected chi connectivity index (χ0v) is 11.8. The van der Waals surface area contributed by atoms with Crippen LogP contribution in [-0.2, 0) is 9.53 Å². The standard InChI is InChI=1S/C12H15ClN4O3/c1-20-11(18)8-16-4-6-17(7-5-16)12(19)9-2-3-10(13)15-14-9/h2-3H,4-8H2,1H3. The number of hydrogen-bond donors (Lipinski definition) is 0. The molecule has 2 rings (SSSR count). The topological polar surface area (TPSA) is 75.6 Å². The van der Waals surface area contributed by atoms with E-state index in [1.807, 2.05) is 4.90 Å².